The number of rotatable bonds is 9. The third-order valence-corrected chi connectivity index (χ3v) is 5.82. The molecule has 10 heteroatoms. The minimum absolute atomic E-state index is 0.0545. The summed E-state index contributed by atoms with van der Waals surface area (Å²) in [5, 5.41) is 6.60. The number of benzene rings is 2. The second-order valence-electron chi connectivity index (χ2n) is 6.51. The predicted molar refractivity (Wildman–Crippen MR) is 127 cm³/mol. The molecule has 0 saturated heterocycles. The van der Waals surface area contributed by atoms with Gasteiger partial charge in [0.15, 0.2) is 10.9 Å². The van der Waals surface area contributed by atoms with Gasteiger partial charge in [-0.25, -0.2) is 9.97 Å². The molecule has 0 aliphatic carbocycles. The summed E-state index contributed by atoms with van der Waals surface area (Å²) in [6, 6.07) is 14.4. The van der Waals surface area contributed by atoms with E-state index in [-0.39, 0.29) is 29.6 Å². The average molecular weight is 491 g/mol. The van der Waals surface area contributed by atoms with Gasteiger partial charge in [-0.3, -0.25) is 9.59 Å². The largest absolute Gasteiger partial charge is 0.497 e. The van der Waals surface area contributed by atoms with Crippen molar-refractivity contribution in [2.75, 3.05) is 19.0 Å². The first-order chi connectivity index (χ1) is 15.5. The van der Waals surface area contributed by atoms with Crippen molar-refractivity contribution in [3.63, 3.8) is 0 Å². The summed E-state index contributed by atoms with van der Waals surface area (Å²) >= 11 is 13.6. The van der Waals surface area contributed by atoms with Crippen molar-refractivity contribution < 1.29 is 14.3 Å². The fourth-order valence-corrected chi connectivity index (χ4v) is 3.89. The van der Waals surface area contributed by atoms with Crippen LogP contribution in [0.3, 0.4) is 0 Å². The molecular weight excluding hydrogens is 471 g/mol. The maximum atomic E-state index is 12.5. The van der Waals surface area contributed by atoms with Crippen LogP contribution in [0.1, 0.15) is 22.5 Å². The summed E-state index contributed by atoms with van der Waals surface area (Å²) in [5.74, 6) is 0.532. The molecule has 7 nitrogen and oxygen atoms in total. The number of hydrogen-bond acceptors (Lipinski definition) is 6. The van der Waals surface area contributed by atoms with Crippen molar-refractivity contribution in [3.8, 4) is 5.75 Å². The van der Waals surface area contributed by atoms with Gasteiger partial charge in [0.05, 0.1) is 18.3 Å². The predicted octanol–water partition coefficient (Wildman–Crippen LogP) is 4.84. The first-order valence-electron chi connectivity index (χ1n) is 9.57. The van der Waals surface area contributed by atoms with Gasteiger partial charge in [-0.1, -0.05) is 53.2 Å². The van der Waals surface area contributed by atoms with Gasteiger partial charge in [0, 0.05) is 29.4 Å². The lowest BCUT2D eigenvalue weighted by atomic mass is 10.2. The number of nitrogens with zero attached hydrogens (tertiary/aromatic N) is 2. The summed E-state index contributed by atoms with van der Waals surface area (Å²) in [7, 11) is 1.57. The van der Waals surface area contributed by atoms with Crippen LogP contribution in [0, 0.1) is 0 Å². The Balaban J connectivity index is 1.51. The van der Waals surface area contributed by atoms with Crippen LogP contribution in [0.2, 0.25) is 10.0 Å². The van der Waals surface area contributed by atoms with Gasteiger partial charge in [-0.2, -0.15) is 0 Å². The summed E-state index contributed by atoms with van der Waals surface area (Å²) in [5.41, 5.74) is 1.63. The normalized spacial score (nSPS) is 10.5. The minimum atomic E-state index is -0.478. The molecule has 0 bridgehead atoms. The van der Waals surface area contributed by atoms with Crippen LogP contribution < -0.4 is 15.4 Å². The molecule has 3 aromatic rings. The molecule has 0 aliphatic heterocycles. The Kier molecular flexibility index (Phi) is 8.72. The molecule has 1 aromatic heterocycles. The molecule has 0 unspecified atom stereocenters. The molecular formula is C22H20Cl2N4O3S. The van der Waals surface area contributed by atoms with E-state index in [2.05, 4.69) is 20.6 Å². The lowest BCUT2D eigenvalue weighted by Crippen LogP contribution is -2.28. The van der Waals surface area contributed by atoms with Crippen LogP contribution in [0.4, 0.5) is 5.69 Å². The molecule has 0 spiro atoms. The summed E-state index contributed by atoms with van der Waals surface area (Å²) < 4.78 is 5.08. The SMILES string of the molecule is COc1ccc(NC(=O)CCNC(=O)c2nc(SCc3ccccc3Cl)ncc2Cl)cc1. The summed E-state index contributed by atoms with van der Waals surface area (Å²) in [6.45, 7) is 0.128. The summed E-state index contributed by atoms with van der Waals surface area (Å²) in [4.78, 5) is 33.0. The number of nitrogens with one attached hydrogen (secondary N) is 2. The third kappa shape index (κ3) is 6.85. The monoisotopic (exact) mass is 490 g/mol. The van der Waals surface area contributed by atoms with Crippen molar-refractivity contribution in [2.45, 2.75) is 17.3 Å². The Bertz CT molecular complexity index is 1100. The second kappa shape index (κ2) is 11.7. The molecule has 0 fully saturated rings. The zero-order chi connectivity index (χ0) is 22.9. The van der Waals surface area contributed by atoms with Crippen LogP contribution in [-0.2, 0) is 10.5 Å². The van der Waals surface area contributed by atoms with Crippen molar-refractivity contribution in [1.82, 2.24) is 15.3 Å². The van der Waals surface area contributed by atoms with Gasteiger partial charge < -0.3 is 15.4 Å². The van der Waals surface area contributed by atoms with Crippen molar-refractivity contribution in [3.05, 3.63) is 76.0 Å². The summed E-state index contributed by atoms with van der Waals surface area (Å²) in [6.07, 6.45) is 1.48. The number of ether oxygens (including phenoxy) is 1. The number of carbonyl (C=O) groups excluding carboxylic acids is 2. The molecule has 2 N–H and O–H groups in total. The van der Waals surface area contributed by atoms with Crippen LogP contribution >= 0.6 is 35.0 Å². The molecule has 2 aromatic carbocycles. The van der Waals surface area contributed by atoms with E-state index in [9.17, 15) is 9.59 Å². The van der Waals surface area contributed by atoms with Gasteiger partial charge in [-0.05, 0) is 35.9 Å². The first kappa shape index (κ1) is 23.8. The Morgan fingerprint density at radius 2 is 1.81 bits per heavy atom. The number of anilines is 1. The van der Waals surface area contributed by atoms with Crippen molar-refractivity contribution >= 4 is 52.5 Å². The Labute approximate surface area is 199 Å². The van der Waals surface area contributed by atoms with E-state index >= 15 is 0 Å². The van der Waals surface area contributed by atoms with Crippen LogP contribution in [-0.4, -0.2) is 35.4 Å². The number of methoxy groups -OCH3 is 1. The fraction of sp³-hybridized carbons (Fsp3) is 0.182. The lowest BCUT2D eigenvalue weighted by Gasteiger charge is -2.09. The third-order valence-electron chi connectivity index (χ3n) is 4.26. The Hall–Kier alpha value is -2.81. The van der Waals surface area contributed by atoms with Gasteiger partial charge >= 0.3 is 0 Å². The standard InChI is InChI=1S/C22H20Cl2N4O3S/c1-31-16-8-6-15(7-9-16)27-19(29)10-11-25-21(30)20-18(24)12-26-22(28-20)32-13-14-4-2-3-5-17(14)23/h2-9,12H,10-11,13H2,1H3,(H,25,30)(H,27,29). The van der Waals surface area contributed by atoms with Crippen LogP contribution in [0.25, 0.3) is 0 Å². The highest BCUT2D eigenvalue weighted by Gasteiger charge is 2.15. The average Bonchev–Trinajstić information content (AvgIpc) is 2.80. The zero-order valence-corrected chi connectivity index (χ0v) is 19.4. The topological polar surface area (TPSA) is 93.2 Å². The molecule has 32 heavy (non-hydrogen) atoms. The Morgan fingerprint density at radius 3 is 2.53 bits per heavy atom. The highest BCUT2D eigenvalue weighted by molar-refractivity contribution is 7.98. The van der Waals surface area contributed by atoms with Gasteiger partial charge in [-0.15, -0.1) is 0 Å². The number of thioether (sulfide) groups is 1. The number of carbonyl (C=O) groups is 2. The molecule has 166 valence electrons. The van der Waals surface area contributed by atoms with Crippen molar-refractivity contribution in [2.24, 2.45) is 0 Å². The number of amides is 2. The fourth-order valence-electron chi connectivity index (χ4n) is 2.61. The molecule has 0 aliphatic rings. The highest BCUT2D eigenvalue weighted by Crippen LogP contribution is 2.25. The van der Waals surface area contributed by atoms with E-state index in [1.54, 1.807) is 31.4 Å². The first-order valence-corrected chi connectivity index (χ1v) is 11.3. The quantitative estimate of drug-likeness (QED) is 0.329. The molecule has 0 atom stereocenters. The maximum absolute atomic E-state index is 12.5. The van der Waals surface area contributed by atoms with Gasteiger partial charge in [0.2, 0.25) is 5.91 Å². The lowest BCUT2D eigenvalue weighted by molar-refractivity contribution is -0.116. The molecule has 3 rings (SSSR count). The van der Waals surface area contributed by atoms with Gasteiger partial charge in [0.25, 0.3) is 5.91 Å². The number of aromatic nitrogens is 2. The smallest absolute Gasteiger partial charge is 0.271 e. The van der Waals surface area contributed by atoms with Crippen LogP contribution in [0.15, 0.2) is 59.9 Å². The number of hydrogen-bond donors (Lipinski definition) is 2. The molecule has 0 saturated carbocycles. The second-order valence-corrected chi connectivity index (χ2v) is 8.27. The van der Waals surface area contributed by atoms with Gasteiger partial charge in [0.1, 0.15) is 5.75 Å². The van der Waals surface area contributed by atoms with E-state index in [4.69, 9.17) is 27.9 Å². The van der Waals surface area contributed by atoms with E-state index in [1.807, 2.05) is 24.3 Å². The molecule has 2 amide bonds. The minimum Gasteiger partial charge on any atom is -0.497 e. The highest BCUT2D eigenvalue weighted by atomic mass is 35.5. The molecule has 0 radical (unpaired) electrons. The Morgan fingerprint density at radius 1 is 1.06 bits per heavy atom. The van der Waals surface area contributed by atoms with E-state index in [1.165, 1.54) is 18.0 Å². The van der Waals surface area contributed by atoms with Crippen molar-refractivity contribution in [1.29, 1.82) is 0 Å². The van der Waals surface area contributed by atoms with Crippen LogP contribution in [0.5, 0.6) is 5.75 Å². The van der Waals surface area contributed by atoms with E-state index < -0.39 is 5.91 Å². The maximum Gasteiger partial charge on any atom is 0.271 e. The molecule has 1 heterocycles. The van der Waals surface area contributed by atoms with E-state index in [0.717, 1.165) is 5.56 Å². The van der Waals surface area contributed by atoms with E-state index in [0.29, 0.717) is 27.4 Å². The zero-order valence-electron chi connectivity index (χ0n) is 17.1. The number of halogens is 2.